The minimum Gasteiger partial charge on any atom is -0.496 e. The van der Waals surface area contributed by atoms with Crippen LogP contribution >= 0.6 is 0 Å². The predicted octanol–water partition coefficient (Wildman–Crippen LogP) is 1.70. The largest absolute Gasteiger partial charge is 0.496 e. The number of rotatable bonds is 8. The van der Waals surface area contributed by atoms with Gasteiger partial charge in [0.1, 0.15) is 5.75 Å². The number of hydrogen-bond donors (Lipinski definition) is 2. The van der Waals surface area contributed by atoms with Crippen LogP contribution in [0.2, 0.25) is 0 Å². The van der Waals surface area contributed by atoms with Crippen LogP contribution in [0.3, 0.4) is 0 Å². The normalized spacial score (nSPS) is 11.0. The maximum absolute atomic E-state index is 11.0. The summed E-state index contributed by atoms with van der Waals surface area (Å²) in [6.45, 7) is 1.38. The van der Waals surface area contributed by atoms with E-state index < -0.39 is 0 Å². The summed E-state index contributed by atoms with van der Waals surface area (Å²) in [5, 5.41) is 6.45. The first-order valence-corrected chi connectivity index (χ1v) is 7.34. The fourth-order valence-electron chi connectivity index (χ4n) is 1.95. The lowest BCUT2D eigenvalue weighted by atomic mass is 10.2. The molecule has 1 aromatic rings. The summed E-state index contributed by atoms with van der Waals surface area (Å²) in [6.07, 6.45) is 2.12. The number of methoxy groups -OCH3 is 2. The highest BCUT2D eigenvalue weighted by Crippen LogP contribution is 2.16. The summed E-state index contributed by atoms with van der Waals surface area (Å²) in [4.78, 5) is 15.2. The maximum Gasteiger partial charge on any atom is 0.305 e. The molecule has 0 heterocycles. The van der Waals surface area contributed by atoms with Crippen molar-refractivity contribution in [2.24, 2.45) is 4.99 Å². The number of aliphatic imine (C=N–C) groups is 1. The third kappa shape index (κ3) is 6.47. The molecule has 1 aromatic carbocycles. The van der Waals surface area contributed by atoms with E-state index in [1.165, 1.54) is 7.11 Å². The van der Waals surface area contributed by atoms with Crippen molar-refractivity contribution in [3.05, 3.63) is 29.8 Å². The summed E-state index contributed by atoms with van der Waals surface area (Å²) in [5.41, 5.74) is 1.07. The van der Waals surface area contributed by atoms with Crippen LogP contribution in [0.5, 0.6) is 5.75 Å². The molecule has 6 heteroatoms. The SMILES string of the molecule is CN=C(NCCCCC(=O)OC)NCc1ccccc1OC. The molecule has 0 fully saturated rings. The van der Waals surface area contributed by atoms with Gasteiger partial charge in [0.15, 0.2) is 5.96 Å². The van der Waals surface area contributed by atoms with Crippen LogP contribution in [-0.2, 0) is 16.1 Å². The lowest BCUT2D eigenvalue weighted by Crippen LogP contribution is -2.37. The van der Waals surface area contributed by atoms with Crippen LogP contribution in [-0.4, -0.2) is 39.7 Å². The van der Waals surface area contributed by atoms with Gasteiger partial charge in [-0.1, -0.05) is 18.2 Å². The zero-order valence-corrected chi connectivity index (χ0v) is 13.5. The summed E-state index contributed by atoms with van der Waals surface area (Å²) < 4.78 is 9.91. The number of ether oxygens (including phenoxy) is 2. The lowest BCUT2D eigenvalue weighted by Gasteiger charge is -2.13. The first-order chi connectivity index (χ1) is 10.7. The van der Waals surface area contributed by atoms with Gasteiger partial charge in [0.2, 0.25) is 0 Å². The zero-order valence-electron chi connectivity index (χ0n) is 13.5. The summed E-state index contributed by atoms with van der Waals surface area (Å²) in [6, 6.07) is 7.86. The van der Waals surface area contributed by atoms with Crippen LogP contribution < -0.4 is 15.4 Å². The van der Waals surface area contributed by atoms with E-state index in [2.05, 4.69) is 20.4 Å². The van der Waals surface area contributed by atoms with E-state index in [9.17, 15) is 4.79 Å². The van der Waals surface area contributed by atoms with Crippen molar-refractivity contribution in [3.8, 4) is 5.75 Å². The quantitative estimate of drug-likeness (QED) is 0.331. The minimum atomic E-state index is -0.168. The molecule has 0 bridgehead atoms. The van der Waals surface area contributed by atoms with Crippen LogP contribution in [0.15, 0.2) is 29.3 Å². The number of nitrogens with zero attached hydrogens (tertiary/aromatic N) is 1. The molecule has 0 aliphatic heterocycles. The van der Waals surface area contributed by atoms with E-state index in [1.807, 2.05) is 24.3 Å². The second-order valence-corrected chi connectivity index (χ2v) is 4.70. The molecule has 0 atom stereocenters. The van der Waals surface area contributed by atoms with Gasteiger partial charge in [-0.15, -0.1) is 0 Å². The molecule has 1 rings (SSSR count). The predicted molar refractivity (Wildman–Crippen MR) is 87.1 cm³/mol. The Kier molecular flexibility index (Phi) is 8.49. The molecule has 122 valence electrons. The topological polar surface area (TPSA) is 72.0 Å². The van der Waals surface area contributed by atoms with E-state index >= 15 is 0 Å². The molecule has 0 saturated heterocycles. The molecule has 6 nitrogen and oxygen atoms in total. The van der Waals surface area contributed by atoms with Crippen LogP contribution in [0.4, 0.5) is 0 Å². The van der Waals surface area contributed by atoms with Crippen molar-refractivity contribution >= 4 is 11.9 Å². The van der Waals surface area contributed by atoms with Gasteiger partial charge in [0.25, 0.3) is 0 Å². The fraction of sp³-hybridized carbons (Fsp3) is 0.500. The van der Waals surface area contributed by atoms with Crippen molar-refractivity contribution < 1.29 is 14.3 Å². The summed E-state index contributed by atoms with van der Waals surface area (Å²) in [5.74, 6) is 1.41. The van der Waals surface area contributed by atoms with E-state index in [0.29, 0.717) is 13.0 Å². The second-order valence-electron chi connectivity index (χ2n) is 4.70. The Morgan fingerprint density at radius 2 is 1.95 bits per heavy atom. The lowest BCUT2D eigenvalue weighted by molar-refractivity contribution is -0.140. The number of para-hydroxylation sites is 1. The number of guanidine groups is 1. The van der Waals surface area contributed by atoms with Gasteiger partial charge in [-0.25, -0.2) is 0 Å². The Balaban J connectivity index is 2.29. The molecule has 0 aliphatic rings. The molecule has 0 amide bonds. The molecule has 22 heavy (non-hydrogen) atoms. The Hall–Kier alpha value is -2.24. The summed E-state index contributed by atoms with van der Waals surface area (Å²) >= 11 is 0. The highest BCUT2D eigenvalue weighted by molar-refractivity contribution is 5.79. The van der Waals surface area contributed by atoms with Gasteiger partial charge in [0, 0.05) is 32.1 Å². The van der Waals surface area contributed by atoms with Gasteiger partial charge >= 0.3 is 5.97 Å². The van der Waals surface area contributed by atoms with Crippen molar-refractivity contribution in [2.75, 3.05) is 27.8 Å². The first kappa shape index (κ1) is 17.8. The monoisotopic (exact) mass is 307 g/mol. The molecule has 0 radical (unpaired) electrons. The standard InChI is InChI=1S/C16H25N3O3/c1-17-16(18-11-7-6-10-15(20)22-3)19-12-13-8-4-5-9-14(13)21-2/h4-5,8-9H,6-7,10-12H2,1-3H3,(H2,17,18,19). The molecule has 0 unspecified atom stereocenters. The van der Waals surface area contributed by atoms with Crippen molar-refractivity contribution in [2.45, 2.75) is 25.8 Å². The third-order valence-electron chi connectivity index (χ3n) is 3.19. The van der Waals surface area contributed by atoms with Crippen molar-refractivity contribution in [1.29, 1.82) is 0 Å². The molecular formula is C16H25N3O3. The average molecular weight is 307 g/mol. The smallest absolute Gasteiger partial charge is 0.305 e. The van der Waals surface area contributed by atoms with Crippen LogP contribution in [0.1, 0.15) is 24.8 Å². The Labute approximate surface area is 131 Å². The molecule has 2 N–H and O–H groups in total. The maximum atomic E-state index is 11.0. The van der Waals surface area contributed by atoms with Gasteiger partial charge in [0.05, 0.1) is 14.2 Å². The number of unbranched alkanes of at least 4 members (excludes halogenated alkanes) is 1. The Morgan fingerprint density at radius 1 is 1.18 bits per heavy atom. The number of esters is 1. The number of nitrogens with one attached hydrogen (secondary N) is 2. The fourth-order valence-corrected chi connectivity index (χ4v) is 1.95. The summed E-state index contributed by atoms with van der Waals surface area (Å²) in [7, 11) is 4.80. The van der Waals surface area contributed by atoms with Gasteiger partial charge in [-0.05, 0) is 18.9 Å². The van der Waals surface area contributed by atoms with E-state index in [1.54, 1.807) is 14.2 Å². The van der Waals surface area contributed by atoms with Crippen LogP contribution in [0.25, 0.3) is 0 Å². The van der Waals surface area contributed by atoms with E-state index in [4.69, 9.17) is 4.74 Å². The zero-order chi connectivity index (χ0) is 16.2. The molecule has 0 spiro atoms. The van der Waals surface area contributed by atoms with Crippen LogP contribution in [0, 0.1) is 0 Å². The number of benzene rings is 1. The highest BCUT2D eigenvalue weighted by Gasteiger charge is 2.03. The van der Waals surface area contributed by atoms with E-state index in [-0.39, 0.29) is 5.97 Å². The average Bonchev–Trinajstić information content (AvgIpc) is 2.57. The second kappa shape index (κ2) is 10.5. The van der Waals surface area contributed by atoms with Gasteiger partial charge in [-0.2, -0.15) is 0 Å². The number of carbonyl (C=O) groups is 1. The number of hydrogen-bond acceptors (Lipinski definition) is 4. The molecule has 0 saturated carbocycles. The van der Waals surface area contributed by atoms with Crippen molar-refractivity contribution in [1.82, 2.24) is 10.6 Å². The van der Waals surface area contributed by atoms with Gasteiger partial charge < -0.3 is 20.1 Å². The first-order valence-electron chi connectivity index (χ1n) is 7.34. The van der Waals surface area contributed by atoms with E-state index in [0.717, 1.165) is 36.7 Å². The Bertz CT molecular complexity index is 489. The minimum absolute atomic E-state index is 0.168. The van der Waals surface area contributed by atoms with Gasteiger partial charge in [-0.3, -0.25) is 9.79 Å². The molecular weight excluding hydrogens is 282 g/mol. The van der Waals surface area contributed by atoms with Crippen molar-refractivity contribution in [3.63, 3.8) is 0 Å². The number of carbonyl (C=O) groups excluding carboxylic acids is 1. The molecule has 0 aliphatic carbocycles. The Morgan fingerprint density at radius 3 is 2.64 bits per heavy atom. The third-order valence-corrected chi connectivity index (χ3v) is 3.19. The molecule has 0 aromatic heterocycles. The highest BCUT2D eigenvalue weighted by atomic mass is 16.5.